The van der Waals surface area contributed by atoms with Crippen molar-refractivity contribution in [3.63, 3.8) is 0 Å². The van der Waals surface area contributed by atoms with Gasteiger partial charge in [-0.1, -0.05) is 19.4 Å². The number of carbonyl (C=O) groups excluding carboxylic acids is 1. The van der Waals surface area contributed by atoms with Crippen molar-refractivity contribution in [2.45, 2.75) is 19.8 Å². The zero-order chi connectivity index (χ0) is 12.7. The number of hydrogen-bond acceptors (Lipinski definition) is 4. The molecular weight excluding hydrogens is 220 g/mol. The molecule has 94 valence electrons. The molecule has 17 heavy (non-hydrogen) atoms. The van der Waals surface area contributed by atoms with Crippen molar-refractivity contribution >= 4 is 5.97 Å². The number of methoxy groups -OCH3 is 2. The van der Waals surface area contributed by atoms with E-state index >= 15 is 0 Å². The fourth-order valence-corrected chi connectivity index (χ4v) is 1.43. The summed E-state index contributed by atoms with van der Waals surface area (Å²) in [7, 11) is 3.03. The van der Waals surface area contributed by atoms with Crippen molar-refractivity contribution in [1.82, 2.24) is 0 Å². The summed E-state index contributed by atoms with van der Waals surface area (Å²) in [6.45, 7) is 2.47. The Morgan fingerprint density at radius 1 is 1.24 bits per heavy atom. The minimum Gasteiger partial charge on any atom is -0.493 e. The third-order valence-electron chi connectivity index (χ3n) is 2.35. The quantitative estimate of drug-likeness (QED) is 0.564. The molecule has 0 amide bonds. The highest BCUT2D eigenvalue weighted by Gasteiger charge is 2.17. The van der Waals surface area contributed by atoms with Crippen LogP contribution >= 0.6 is 0 Å². The molecule has 1 rings (SSSR count). The number of benzene rings is 1. The van der Waals surface area contributed by atoms with E-state index in [1.165, 1.54) is 14.2 Å². The topological polar surface area (TPSA) is 44.8 Å². The highest BCUT2D eigenvalue weighted by Crippen LogP contribution is 2.31. The Bertz CT molecular complexity index is 374. The molecule has 0 unspecified atom stereocenters. The number of para-hydroxylation sites is 1. The van der Waals surface area contributed by atoms with Crippen molar-refractivity contribution in [3.05, 3.63) is 23.8 Å². The first-order valence-corrected chi connectivity index (χ1v) is 5.62. The van der Waals surface area contributed by atoms with Crippen LogP contribution in [0.2, 0.25) is 0 Å². The maximum absolute atomic E-state index is 11.8. The van der Waals surface area contributed by atoms with E-state index in [-0.39, 0.29) is 5.97 Å². The zero-order valence-corrected chi connectivity index (χ0v) is 10.5. The maximum atomic E-state index is 11.8. The lowest BCUT2D eigenvalue weighted by Crippen LogP contribution is -2.08. The number of hydrogen-bond donors (Lipinski definition) is 0. The molecule has 0 aliphatic carbocycles. The van der Waals surface area contributed by atoms with Gasteiger partial charge in [0.15, 0.2) is 11.5 Å². The predicted octanol–water partition coefficient (Wildman–Crippen LogP) is 2.66. The van der Waals surface area contributed by atoms with Gasteiger partial charge in [-0.2, -0.15) is 0 Å². The average Bonchev–Trinajstić information content (AvgIpc) is 2.37. The van der Waals surface area contributed by atoms with Gasteiger partial charge >= 0.3 is 5.97 Å². The molecule has 0 aliphatic heterocycles. The zero-order valence-electron chi connectivity index (χ0n) is 10.5. The van der Waals surface area contributed by atoms with E-state index in [2.05, 4.69) is 0 Å². The van der Waals surface area contributed by atoms with E-state index in [1.807, 2.05) is 6.92 Å². The van der Waals surface area contributed by atoms with Crippen LogP contribution in [0.4, 0.5) is 0 Å². The smallest absolute Gasteiger partial charge is 0.342 e. The summed E-state index contributed by atoms with van der Waals surface area (Å²) >= 11 is 0. The van der Waals surface area contributed by atoms with Crippen LogP contribution in [-0.4, -0.2) is 26.8 Å². The largest absolute Gasteiger partial charge is 0.493 e. The molecule has 4 heteroatoms. The van der Waals surface area contributed by atoms with Crippen molar-refractivity contribution in [2.75, 3.05) is 20.8 Å². The van der Waals surface area contributed by atoms with Gasteiger partial charge in [-0.05, 0) is 18.6 Å². The summed E-state index contributed by atoms with van der Waals surface area (Å²) < 4.78 is 15.4. The molecule has 0 radical (unpaired) electrons. The molecule has 1 aromatic carbocycles. The molecular formula is C13H18O4. The Morgan fingerprint density at radius 2 is 2.00 bits per heavy atom. The fraction of sp³-hybridized carbons (Fsp3) is 0.462. The molecule has 1 aromatic rings. The first-order chi connectivity index (χ1) is 8.24. The van der Waals surface area contributed by atoms with Crippen LogP contribution in [0.25, 0.3) is 0 Å². The summed E-state index contributed by atoms with van der Waals surface area (Å²) in [5, 5.41) is 0. The highest BCUT2D eigenvalue weighted by molar-refractivity contribution is 5.93. The summed E-state index contributed by atoms with van der Waals surface area (Å²) in [6.07, 6.45) is 1.85. The van der Waals surface area contributed by atoms with Gasteiger partial charge in [-0.15, -0.1) is 0 Å². The Morgan fingerprint density at radius 3 is 2.59 bits per heavy atom. The van der Waals surface area contributed by atoms with E-state index in [0.717, 1.165) is 12.8 Å². The maximum Gasteiger partial charge on any atom is 0.342 e. The van der Waals surface area contributed by atoms with Gasteiger partial charge in [-0.3, -0.25) is 0 Å². The summed E-state index contributed by atoms with van der Waals surface area (Å²) in [5.41, 5.74) is 0.392. The second-order valence-electron chi connectivity index (χ2n) is 3.53. The van der Waals surface area contributed by atoms with Crippen LogP contribution in [0, 0.1) is 0 Å². The lowest BCUT2D eigenvalue weighted by molar-refractivity contribution is 0.0495. The molecule has 0 saturated heterocycles. The third kappa shape index (κ3) is 3.37. The Hall–Kier alpha value is -1.71. The minimum atomic E-state index is -0.380. The molecule has 0 spiro atoms. The lowest BCUT2D eigenvalue weighted by Gasteiger charge is -2.11. The first-order valence-electron chi connectivity index (χ1n) is 5.62. The van der Waals surface area contributed by atoms with Crippen LogP contribution in [0.1, 0.15) is 30.1 Å². The van der Waals surface area contributed by atoms with Gasteiger partial charge in [0.05, 0.1) is 20.8 Å². The monoisotopic (exact) mass is 238 g/mol. The molecule has 0 bridgehead atoms. The summed E-state index contributed by atoms with van der Waals surface area (Å²) in [6, 6.07) is 5.13. The van der Waals surface area contributed by atoms with E-state index in [9.17, 15) is 4.79 Å². The normalized spacial score (nSPS) is 9.82. The third-order valence-corrected chi connectivity index (χ3v) is 2.35. The number of rotatable bonds is 6. The highest BCUT2D eigenvalue weighted by atomic mass is 16.5. The molecule has 0 fully saturated rings. The number of esters is 1. The summed E-state index contributed by atoms with van der Waals surface area (Å²) in [5.74, 6) is 0.558. The Labute approximate surface area is 101 Å². The SMILES string of the molecule is CCCCOC(=O)c1cccc(OC)c1OC. The van der Waals surface area contributed by atoms with Crippen LogP contribution in [-0.2, 0) is 4.74 Å². The average molecular weight is 238 g/mol. The molecule has 0 saturated carbocycles. The van der Waals surface area contributed by atoms with Crippen molar-refractivity contribution < 1.29 is 19.0 Å². The summed E-state index contributed by atoms with van der Waals surface area (Å²) in [4.78, 5) is 11.8. The number of unbranched alkanes of at least 4 members (excludes halogenated alkanes) is 1. The van der Waals surface area contributed by atoms with E-state index in [4.69, 9.17) is 14.2 Å². The molecule has 0 aromatic heterocycles. The molecule has 4 nitrogen and oxygen atoms in total. The van der Waals surface area contributed by atoms with Gasteiger partial charge in [0, 0.05) is 0 Å². The second kappa shape index (κ2) is 6.78. The van der Waals surface area contributed by atoms with Crippen LogP contribution in [0.15, 0.2) is 18.2 Å². The first kappa shape index (κ1) is 13.4. The minimum absolute atomic E-state index is 0.380. The number of ether oxygens (including phenoxy) is 3. The van der Waals surface area contributed by atoms with Crippen molar-refractivity contribution in [1.29, 1.82) is 0 Å². The second-order valence-corrected chi connectivity index (χ2v) is 3.53. The van der Waals surface area contributed by atoms with E-state index in [0.29, 0.717) is 23.7 Å². The lowest BCUT2D eigenvalue weighted by atomic mass is 10.2. The fourth-order valence-electron chi connectivity index (χ4n) is 1.43. The Kier molecular flexibility index (Phi) is 5.33. The molecule has 0 aliphatic rings. The standard InChI is InChI=1S/C13H18O4/c1-4-5-9-17-13(14)10-7-6-8-11(15-2)12(10)16-3/h6-8H,4-5,9H2,1-3H3. The van der Waals surface area contributed by atoms with Crippen LogP contribution in [0.3, 0.4) is 0 Å². The predicted molar refractivity (Wildman–Crippen MR) is 64.7 cm³/mol. The van der Waals surface area contributed by atoms with Crippen molar-refractivity contribution in [3.8, 4) is 11.5 Å². The molecule has 0 heterocycles. The van der Waals surface area contributed by atoms with Crippen LogP contribution < -0.4 is 9.47 Å². The molecule has 0 N–H and O–H groups in total. The van der Waals surface area contributed by atoms with E-state index < -0.39 is 0 Å². The Balaban J connectivity index is 2.85. The van der Waals surface area contributed by atoms with Gasteiger partial charge < -0.3 is 14.2 Å². The van der Waals surface area contributed by atoms with E-state index in [1.54, 1.807) is 18.2 Å². The van der Waals surface area contributed by atoms with Crippen LogP contribution in [0.5, 0.6) is 11.5 Å². The van der Waals surface area contributed by atoms with Gasteiger partial charge in [0.1, 0.15) is 5.56 Å². The molecule has 0 atom stereocenters. The van der Waals surface area contributed by atoms with Crippen molar-refractivity contribution in [2.24, 2.45) is 0 Å². The van der Waals surface area contributed by atoms with Gasteiger partial charge in [0.2, 0.25) is 0 Å². The van der Waals surface area contributed by atoms with Gasteiger partial charge in [0.25, 0.3) is 0 Å². The number of carbonyl (C=O) groups is 1. The van der Waals surface area contributed by atoms with Gasteiger partial charge in [-0.25, -0.2) is 4.79 Å².